The zero-order valence-corrected chi connectivity index (χ0v) is 16.2. The van der Waals surface area contributed by atoms with E-state index in [1.54, 1.807) is 10.7 Å². The van der Waals surface area contributed by atoms with E-state index in [1.807, 2.05) is 24.8 Å². The summed E-state index contributed by atoms with van der Waals surface area (Å²) in [7, 11) is 0. The third-order valence-corrected chi connectivity index (χ3v) is 6.46. The minimum absolute atomic E-state index is 0.0416. The van der Waals surface area contributed by atoms with Crippen LogP contribution < -0.4 is 10.5 Å². The molecule has 0 atom stereocenters. The Bertz CT molecular complexity index is 1070. The second-order valence-electron chi connectivity index (χ2n) is 7.51. The first-order valence-electron chi connectivity index (χ1n) is 9.46. The Morgan fingerprint density at radius 3 is 2.96 bits per heavy atom. The first kappa shape index (κ1) is 16.8. The van der Waals surface area contributed by atoms with Gasteiger partial charge in [-0.1, -0.05) is 18.2 Å². The number of fused-ring (bicyclic) bond motifs is 2. The fourth-order valence-corrected chi connectivity index (χ4v) is 5.01. The molecule has 0 bridgehead atoms. The molecule has 0 unspecified atom stereocenters. The minimum atomic E-state index is 0.0416. The maximum absolute atomic E-state index is 12.4. The molecular formula is C21H22N4OS. The van der Waals surface area contributed by atoms with E-state index in [4.69, 9.17) is 0 Å². The SMILES string of the molecule is Cc1cc(N2CC(Cn3nc4c(cc3=O)CSCC4)C2)c2ccccc2n1. The van der Waals surface area contributed by atoms with E-state index in [0.29, 0.717) is 12.5 Å². The van der Waals surface area contributed by atoms with E-state index >= 15 is 0 Å². The molecule has 0 aliphatic carbocycles. The summed E-state index contributed by atoms with van der Waals surface area (Å²) in [5.74, 6) is 2.48. The molecule has 0 spiro atoms. The van der Waals surface area contributed by atoms with Crippen LogP contribution in [-0.4, -0.2) is 33.6 Å². The van der Waals surface area contributed by atoms with Crippen molar-refractivity contribution in [3.63, 3.8) is 0 Å². The molecule has 1 fully saturated rings. The van der Waals surface area contributed by atoms with E-state index in [0.717, 1.165) is 53.5 Å². The molecule has 2 aliphatic heterocycles. The Hall–Kier alpha value is -2.34. The van der Waals surface area contributed by atoms with Crippen LogP contribution in [0.3, 0.4) is 0 Å². The number of aromatic nitrogens is 3. The molecule has 4 heterocycles. The average Bonchev–Trinajstić information content (AvgIpc) is 2.64. The van der Waals surface area contributed by atoms with Crippen molar-refractivity contribution < 1.29 is 0 Å². The molecular weight excluding hydrogens is 356 g/mol. The van der Waals surface area contributed by atoms with Gasteiger partial charge in [0.2, 0.25) is 0 Å². The Morgan fingerprint density at radius 1 is 1.22 bits per heavy atom. The highest BCUT2D eigenvalue weighted by molar-refractivity contribution is 7.98. The lowest BCUT2D eigenvalue weighted by atomic mass is 9.98. The summed E-state index contributed by atoms with van der Waals surface area (Å²) in [6, 6.07) is 12.3. The molecule has 6 heteroatoms. The zero-order chi connectivity index (χ0) is 18.4. The van der Waals surface area contributed by atoms with Crippen molar-refractivity contribution in [3.05, 3.63) is 63.7 Å². The van der Waals surface area contributed by atoms with Gasteiger partial charge in [-0.25, -0.2) is 4.68 Å². The van der Waals surface area contributed by atoms with Crippen LogP contribution in [0.25, 0.3) is 10.9 Å². The van der Waals surface area contributed by atoms with Crippen LogP contribution in [-0.2, 0) is 18.7 Å². The van der Waals surface area contributed by atoms with Gasteiger partial charge in [0.15, 0.2) is 0 Å². The first-order valence-corrected chi connectivity index (χ1v) is 10.6. The maximum atomic E-state index is 12.4. The lowest BCUT2D eigenvalue weighted by molar-refractivity contribution is 0.333. The standard InChI is InChI=1S/C21H22N4OS/c1-14-8-20(17-4-2-3-5-19(17)22-14)24-10-15(11-24)12-25-21(26)9-16-13-27-7-6-18(16)23-25/h2-5,8-9,15H,6-7,10-13H2,1H3. The van der Waals surface area contributed by atoms with E-state index in [1.165, 1.54) is 11.1 Å². The number of hydrogen-bond acceptors (Lipinski definition) is 5. The van der Waals surface area contributed by atoms with Crippen LogP contribution in [0.1, 0.15) is 17.0 Å². The molecule has 138 valence electrons. The lowest BCUT2D eigenvalue weighted by Crippen LogP contribution is -2.50. The van der Waals surface area contributed by atoms with Crippen molar-refractivity contribution in [1.82, 2.24) is 14.8 Å². The van der Waals surface area contributed by atoms with Gasteiger partial charge in [0.05, 0.1) is 17.8 Å². The molecule has 0 saturated carbocycles. The largest absolute Gasteiger partial charge is 0.370 e. The van der Waals surface area contributed by atoms with Crippen LogP contribution in [0.15, 0.2) is 41.2 Å². The number of thioether (sulfide) groups is 1. The molecule has 27 heavy (non-hydrogen) atoms. The molecule has 2 aliphatic rings. The number of rotatable bonds is 3. The molecule has 1 aromatic carbocycles. The average molecular weight is 379 g/mol. The fraction of sp³-hybridized carbons (Fsp3) is 0.381. The summed E-state index contributed by atoms with van der Waals surface area (Å²) in [5, 5.41) is 5.86. The molecule has 1 saturated heterocycles. The third-order valence-electron chi connectivity index (χ3n) is 5.46. The number of aryl methyl sites for hydroxylation is 2. The molecule has 5 rings (SSSR count). The summed E-state index contributed by atoms with van der Waals surface area (Å²) < 4.78 is 1.69. The van der Waals surface area contributed by atoms with Crippen LogP contribution in [0.5, 0.6) is 0 Å². The summed E-state index contributed by atoms with van der Waals surface area (Å²) in [4.78, 5) is 19.4. The predicted octanol–water partition coefficient (Wildman–Crippen LogP) is 3.03. The van der Waals surface area contributed by atoms with Crippen molar-refractivity contribution in [3.8, 4) is 0 Å². The second kappa shape index (κ2) is 6.68. The van der Waals surface area contributed by atoms with Crippen molar-refractivity contribution in [2.24, 2.45) is 5.92 Å². The lowest BCUT2D eigenvalue weighted by Gasteiger charge is -2.41. The molecule has 2 aromatic heterocycles. The third kappa shape index (κ3) is 3.12. The van der Waals surface area contributed by atoms with Gasteiger partial charge < -0.3 is 4.90 Å². The van der Waals surface area contributed by atoms with Gasteiger partial charge in [-0.3, -0.25) is 9.78 Å². The Morgan fingerprint density at radius 2 is 2.07 bits per heavy atom. The monoisotopic (exact) mass is 378 g/mol. The van der Waals surface area contributed by atoms with Gasteiger partial charge in [-0.2, -0.15) is 16.9 Å². The normalized spacial score (nSPS) is 17.0. The van der Waals surface area contributed by atoms with Crippen molar-refractivity contribution in [2.45, 2.75) is 25.6 Å². The Balaban J connectivity index is 1.34. The highest BCUT2D eigenvalue weighted by Gasteiger charge is 2.29. The van der Waals surface area contributed by atoms with Crippen molar-refractivity contribution >= 4 is 28.4 Å². The Kier molecular flexibility index (Phi) is 4.16. The van der Waals surface area contributed by atoms with Gasteiger partial charge in [0.25, 0.3) is 5.56 Å². The number of pyridine rings is 1. The maximum Gasteiger partial charge on any atom is 0.267 e. The molecule has 3 aromatic rings. The van der Waals surface area contributed by atoms with Gasteiger partial charge in [-0.15, -0.1) is 0 Å². The highest BCUT2D eigenvalue weighted by Crippen LogP contribution is 2.32. The minimum Gasteiger partial charge on any atom is -0.370 e. The summed E-state index contributed by atoms with van der Waals surface area (Å²) in [6.07, 6.45) is 0.972. The number of hydrogen-bond donors (Lipinski definition) is 0. The summed E-state index contributed by atoms with van der Waals surface area (Å²) in [5.41, 5.74) is 5.61. The highest BCUT2D eigenvalue weighted by atomic mass is 32.2. The zero-order valence-electron chi connectivity index (χ0n) is 15.4. The summed E-state index contributed by atoms with van der Waals surface area (Å²) >= 11 is 1.88. The van der Waals surface area contributed by atoms with Gasteiger partial charge in [0, 0.05) is 54.0 Å². The van der Waals surface area contributed by atoms with Crippen LogP contribution in [0.2, 0.25) is 0 Å². The van der Waals surface area contributed by atoms with E-state index < -0.39 is 0 Å². The van der Waals surface area contributed by atoms with Crippen molar-refractivity contribution in [1.29, 1.82) is 0 Å². The van der Waals surface area contributed by atoms with Gasteiger partial charge >= 0.3 is 0 Å². The van der Waals surface area contributed by atoms with Crippen LogP contribution >= 0.6 is 11.8 Å². The number of benzene rings is 1. The van der Waals surface area contributed by atoms with Crippen LogP contribution in [0, 0.1) is 12.8 Å². The van der Waals surface area contributed by atoms with Crippen molar-refractivity contribution in [2.75, 3.05) is 23.7 Å². The smallest absolute Gasteiger partial charge is 0.267 e. The summed E-state index contributed by atoms with van der Waals surface area (Å²) in [6.45, 7) is 4.66. The second-order valence-corrected chi connectivity index (χ2v) is 8.62. The fourth-order valence-electron chi connectivity index (χ4n) is 4.06. The van der Waals surface area contributed by atoms with Gasteiger partial charge in [0.1, 0.15) is 0 Å². The van der Waals surface area contributed by atoms with E-state index in [2.05, 4.69) is 39.2 Å². The molecule has 5 nitrogen and oxygen atoms in total. The van der Waals surface area contributed by atoms with E-state index in [9.17, 15) is 4.79 Å². The van der Waals surface area contributed by atoms with E-state index in [-0.39, 0.29) is 5.56 Å². The predicted molar refractivity (Wildman–Crippen MR) is 111 cm³/mol. The number of para-hydroxylation sites is 1. The molecule has 0 radical (unpaired) electrons. The Labute approximate surface area is 162 Å². The van der Waals surface area contributed by atoms with Gasteiger partial charge in [-0.05, 0) is 30.4 Å². The van der Waals surface area contributed by atoms with Crippen LogP contribution in [0.4, 0.5) is 5.69 Å². The molecule has 0 amide bonds. The number of anilines is 1. The topological polar surface area (TPSA) is 51.0 Å². The number of nitrogens with zero attached hydrogens (tertiary/aromatic N) is 4. The molecule has 0 N–H and O–H groups in total. The quantitative estimate of drug-likeness (QED) is 0.701. The first-order chi connectivity index (χ1) is 13.2.